The molecule has 1 atom stereocenters. The van der Waals surface area contributed by atoms with Crippen LogP contribution in [0.3, 0.4) is 0 Å². The quantitative estimate of drug-likeness (QED) is 0.262. The third kappa shape index (κ3) is 7.55. The largest absolute Gasteiger partial charge is 0.508 e. The van der Waals surface area contributed by atoms with Crippen molar-refractivity contribution in [1.29, 1.82) is 0 Å². The number of hydrogen-bond donors (Lipinski definition) is 2. The molecule has 1 aliphatic heterocycles. The number of carbonyl (C=O) groups is 2. The van der Waals surface area contributed by atoms with Crippen LogP contribution in [0.2, 0.25) is 0 Å². The van der Waals surface area contributed by atoms with Crippen LogP contribution in [0.1, 0.15) is 26.3 Å². The summed E-state index contributed by atoms with van der Waals surface area (Å²) >= 11 is 0. The SMILES string of the molecule is CC(C)(C)OC(=O)CNC(Cc1ccc(O)cc1S(=O)(=O)c1nccc2ccccc12)C(=O)N1CCN(c2ncccn2)CC1. The van der Waals surface area contributed by atoms with Crippen LogP contribution in [0.5, 0.6) is 5.75 Å². The summed E-state index contributed by atoms with van der Waals surface area (Å²) in [6.07, 6.45) is 4.66. The number of carbonyl (C=O) groups excluding carboxylic acids is 2. The first-order valence-electron chi connectivity index (χ1n) is 14.6. The third-order valence-electron chi connectivity index (χ3n) is 7.29. The Hall–Kier alpha value is -4.62. The van der Waals surface area contributed by atoms with Crippen molar-refractivity contribution in [2.24, 2.45) is 0 Å². The van der Waals surface area contributed by atoms with Gasteiger partial charge in [-0.05, 0) is 62.4 Å². The highest BCUT2D eigenvalue weighted by Crippen LogP contribution is 2.31. The zero-order valence-electron chi connectivity index (χ0n) is 25.4. The van der Waals surface area contributed by atoms with Crippen LogP contribution in [-0.2, 0) is 30.6 Å². The topological polar surface area (TPSA) is 155 Å². The number of piperazine rings is 1. The maximum Gasteiger partial charge on any atom is 0.320 e. The first-order valence-corrected chi connectivity index (χ1v) is 16.1. The molecule has 5 rings (SSSR count). The van der Waals surface area contributed by atoms with E-state index in [0.29, 0.717) is 42.9 Å². The number of pyridine rings is 1. The fraction of sp³-hybridized carbons (Fsp3) is 0.344. The minimum atomic E-state index is -4.24. The van der Waals surface area contributed by atoms with Crippen LogP contribution in [0.15, 0.2) is 83.1 Å². The van der Waals surface area contributed by atoms with Crippen molar-refractivity contribution in [3.63, 3.8) is 0 Å². The molecule has 0 radical (unpaired) electrons. The van der Waals surface area contributed by atoms with E-state index in [-0.39, 0.29) is 40.1 Å². The van der Waals surface area contributed by atoms with E-state index < -0.39 is 27.4 Å². The van der Waals surface area contributed by atoms with Crippen molar-refractivity contribution < 1.29 is 27.9 Å². The summed E-state index contributed by atoms with van der Waals surface area (Å²) in [6.45, 7) is 6.73. The predicted octanol–water partition coefficient (Wildman–Crippen LogP) is 2.75. The second-order valence-electron chi connectivity index (χ2n) is 11.7. The number of sulfone groups is 1. The summed E-state index contributed by atoms with van der Waals surface area (Å²) in [5, 5.41) is 14.3. The van der Waals surface area contributed by atoms with Gasteiger partial charge in [-0.15, -0.1) is 0 Å². The monoisotopic (exact) mass is 632 g/mol. The van der Waals surface area contributed by atoms with Crippen LogP contribution in [0, 0.1) is 0 Å². The van der Waals surface area contributed by atoms with Gasteiger partial charge in [0.1, 0.15) is 11.4 Å². The molecule has 0 saturated carbocycles. The van der Waals surface area contributed by atoms with Gasteiger partial charge in [0.2, 0.25) is 21.7 Å². The Morgan fingerprint density at radius 2 is 1.67 bits per heavy atom. The molecule has 3 heterocycles. The summed E-state index contributed by atoms with van der Waals surface area (Å²) < 4.78 is 33.6. The number of rotatable bonds is 9. The number of anilines is 1. The molecule has 2 aromatic carbocycles. The van der Waals surface area contributed by atoms with Crippen molar-refractivity contribution in [3.8, 4) is 5.75 Å². The fourth-order valence-electron chi connectivity index (χ4n) is 5.22. The van der Waals surface area contributed by atoms with E-state index in [0.717, 1.165) is 0 Å². The summed E-state index contributed by atoms with van der Waals surface area (Å²) in [5.74, 6) is -0.525. The number of phenolic OH excluding ortho intramolecular Hbond substituents is 1. The number of fused-ring (bicyclic) bond motifs is 1. The molecule has 2 aromatic heterocycles. The smallest absolute Gasteiger partial charge is 0.320 e. The lowest BCUT2D eigenvalue weighted by Gasteiger charge is -2.36. The number of nitrogens with zero attached hydrogens (tertiary/aromatic N) is 5. The van der Waals surface area contributed by atoms with Crippen molar-refractivity contribution in [3.05, 3.63) is 78.8 Å². The molecule has 236 valence electrons. The van der Waals surface area contributed by atoms with Gasteiger partial charge in [-0.1, -0.05) is 30.3 Å². The number of amides is 1. The third-order valence-corrected chi connectivity index (χ3v) is 9.09. The van der Waals surface area contributed by atoms with Crippen molar-refractivity contribution in [2.45, 2.75) is 48.8 Å². The van der Waals surface area contributed by atoms with Crippen molar-refractivity contribution >= 4 is 38.4 Å². The van der Waals surface area contributed by atoms with Crippen LogP contribution >= 0.6 is 0 Å². The van der Waals surface area contributed by atoms with Crippen LogP contribution in [0.25, 0.3) is 10.8 Å². The molecule has 1 saturated heterocycles. The number of aromatic hydroxyl groups is 1. The van der Waals surface area contributed by atoms with E-state index in [1.165, 1.54) is 24.4 Å². The van der Waals surface area contributed by atoms with Gasteiger partial charge in [0, 0.05) is 50.2 Å². The minimum absolute atomic E-state index is 0.0801. The zero-order valence-corrected chi connectivity index (χ0v) is 26.2. The van der Waals surface area contributed by atoms with Gasteiger partial charge in [0.05, 0.1) is 17.5 Å². The van der Waals surface area contributed by atoms with E-state index in [1.807, 2.05) is 4.90 Å². The Balaban J connectivity index is 1.44. The van der Waals surface area contributed by atoms with Gasteiger partial charge in [-0.3, -0.25) is 14.9 Å². The van der Waals surface area contributed by atoms with E-state index in [4.69, 9.17) is 4.74 Å². The summed E-state index contributed by atoms with van der Waals surface area (Å²) in [5.41, 5.74) is -0.438. The fourth-order valence-corrected chi connectivity index (χ4v) is 6.88. The van der Waals surface area contributed by atoms with Gasteiger partial charge >= 0.3 is 5.97 Å². The molecule has 13 heteroatoms. The molecule has 1 aliphatic rings. The van der Waals surface area contributed by atoms with E-state index in [1.54, 1.807) is 74.5 Å². The minimum Gasteiger partial charge on any atom is -0.508 e. The highest BCUT2D eigenvalue weighted by atomic mass is 32.2. The van der Waals surface area contributed by atoms with E-state index in [9.17, 15) is 23.1 Å². The Bertz CT molecular complexity index is 1780. The highest BCUT2D eigenvalue weighted by Gasteiger charge is 2.32. The Kier molecular flexibility index (Phi) is 9.30. The predicted molar refractivity (Wildman–Crippen MR) is 167 cm³/mol. The van der Waals surface area contributed by atoms with Crippen molar-refractivity contribution in [2.75, 3.05) is 37.6 Å². The molecule has 1 unspecified atom stereocenters. The Morgan fingerprint density at radius 1 is 0.956 bits per heavy atom. The summed E-state index contributed by atoms with van der Waals surface area (Å²) in [7, 11) is -4.24. The lowest BCUT2D eigenvalue weighted by Crippen LogP contribution is -2.55. The van der Waals surface area contributed by atoms with Gasteiger partial charge in [-0.25, -0.2) is 23.4 Å². The van der Waals surface area contributed by atoms with Crippen LogP contribution in [0.4, 0.5) is 5.95 Å². The zero-order chi connectivity index (χ0) is 32.2. The second-order valence-corrected chi connectivity index (χ2v) is 13.6. The molecule has 0 spiro atoms. The van der Waals surface area contributed by atoms with Crippen LogP contribution in [-0.4, -0.2) is 89.6 Å². The molecule has 0 aliphatic carbocycles. The molecular weight excluding hydrogens is 596 g/mol. The summed E-state index contributed by atoms with van der Waals surface area (Å²) in [6, 6.07) is 13.5. The summed E-state index contributed by atoms with van der Waals surface area (Å²) in [4.78, 5) is 42.9. The maximum absolute atomic E-state index is 14.1. The van der Waals surface area contributed by atoms with Gasteiger partial charge < -0.3 is 19.6 Å². The molecule has 0 bridgehead atoms. The number of benzene rings is 2. The molecule has 1 fully saturated rings. The molecular formula is C32H36N6O6S. The van der Waals surface area contributed by atoms with Crippen LogP contribution < -0.4 is 10.2 Å². The highest BCUT2D eigenvalue weighted by molar-refractivity contribution is 7.91. The number of phenols is 1. The second kappa shape index (κ2) is 13.2. The molecule has 45 heavy (non-hydrogen) atoms. The lowest BCUT2D eigenvalue weighted by atomic mass is 10.0. The number of esters is 1. The number of nitrogens with one attached hydrogen (secondary N) is 1. The van der Waals surface area contributed by atoms with Gasteiger partial charge in [0.25, 0.3) is 0 Å². The molecule has 2 N–H and O–H groups in total. The number of ether oxygens (including phenoxy) is 1. The normalized spacial score (nSPS) is 14.7. The molecule has 4 aromatic rings. The first kappa shape index (κ1) is 31.8. The standard InChI is InChI=1S/C32H36N6O6S/c1-32(2,3)44-28(40)21-36-26(30(41)37-15-17-38(18-16-37)31-34-12-6-13-35-31)19-23-9-10-24(39)20-27(23)45(42,43)29-25-8-5-4-7-22(25)11-14-33-29/h4-14,20,26,36,39H,15-19,21H2,1-3H3. The average molecular weight is 633 g/mol. The first-order chi connectivity index (χ1) is 21.4. The lowest BCUT2D eigenvalue weighted by molar-refractivity contribution is -0.153. The Labute approximate surface area is 262 Å². The molecule has 1 amide bonds. The maximum atomic E-state index is 14.1. The number of hydrogen-bond acceptors (Lipinski definition) is 11. The number of aromatic nitrogens is 3. The van der Waals surface area contributed by atoms with Crippen molar-refractivity contribution in [1.82, 2.24) is 25.2 Å². The van der Waals surface area contributed by atoms with E-state index >= 15 is 0 Å². The Morgan fingerprint density at radius 3 is 2.38 bits per heavy atom. The average Bonchev–Trinajstić information content (AvgIpc) is 3.02. The van der Waals surface area contributed by atoms with Gasteiger partial charge in [-0.2, -0.15) is 0 Å². The van der Waals surface area contributed by atoms with Gasteiger partial charge in [0.15, 0.2) is 5.03 Å². The molecule has 12 nitrogen and oxygen atoms in total. The van der Waals surface area contributed by atoms with E-state index in [2.05, 4.69) is 20.3 Å².